The van der Waals surface area contributed by atoms with Crippen LogP contribution in [0.25, 0.3) is 5.65 Å². The van der Waals surface area contributed by atoms with Gasteiger partial charge >= 0.3 is 12.4 Å². The van der Waals surface area contributed by atoms with E-state index in [-0.39, 0.29) is 35.0 Å². The highest BCUT2D eigenvalue weighted by atomic mass is 32.2. The summed E-state index contributed by atoms with van der Waals surface area (Å²) in [6, 6.07) is 2.95. The van der Waals surface area contributed by atoms with Gasteiger partial charge in [0.15, 0.2) is 27.3 Å². The number of hydrogen-bond acceptors (Lipinski definition) is 6. The number of carbonyl (C=O) groups excluding carboxylic acids is 1. The lowest BCUT2D eigenvalue weighted by Gasteiger charge is -2.14. The molecule has 4 rings (SSSR count). The molecule has 3 aromatic rings. The molecule has 0 atom stereocenters. The molecule has 0 unspecified atom stereocenters. The normalized spacial score (nSPS) is 14.7. The lowest BCUT2D eigenvalue weighted by molar-refractivity contribution is -0.153. The van der Waals surface area contributed by atoms with E-state index in [1.807, 2.05) is 0 Å². The number of hydrogen-bond donors (Lipinski definition) is 0. The predicted molar refractivity (Wildman–Crippen MR) is 104 cm³/mol. The van der Waals surface area contributed by atoms with Crippen LogP contribution >= 0.6 is 0 Å². The number of sulfone groups is 1. The van der Waals surface area contributed by atoms with Gasteiger partial charge in [0, 0.05) is 6.20 Å². The van der Waals surface area contributed by atoms with E-state index in [4.69, 9.17) is 0 Å². The van der Waals surface area contributed by atoms with Crippen molar-refractivity contribution in [2.45, 2.75) is 30.8 Å². The Kier molecular flexibility index (Phi) is 5.49. The Labute approximate surface area is 187 Å². The summed E-state index contributed by atoms with van der Waals surface area (Å²) < 4.78 is 108. The van der Waals surface area contributed by atoms with Gasteiger partial charge < -0.3 is 4.74 Å². The zero-order valence-corrected chi connectivity index (χ0v) is 17.9. The van der Waals surface area contributed by atoms with Gasteiger partial charge in [-0.05, 0) is 18.2 Å². The van der Waals surface area contributed by atoms with Gasteiger partial charge in [-0.1, -0.05) is 6.92 Å². The molecule has 1 aliphatic heterocycles. The number of nitrogens with zero attached hydrogens (tertiary/aromatic N) is 4. The number of amides is 1. The number of fused-ring (bicyclic) bond motifs is 2. The van der Waals surface area contributed by atoms with Crippen LogP contribution in [-0.4, -0.2) is 47.2 Å². The Morgan fingerprint density at radius 1 is 1.15 bits per heavy atom. The van der Waals surface area contributed by atoms with Gasteiger partial charge in [0.1, 0.15) is 11.4 Å². The number of pyridine rings is 2. The van der Waals surface area contributed by atoms with Gasteiger partial charge in [-0.2, -0.15) is 26.3 Å². The zero-order valence-electron chi connectivity index (χ0n) is 17.1. The Morgan fingerprint density at radius 2 is 1.85 bits per heavy atom. The average molecular weight is 508 g/mol. The van der Waals surface area contributed by atoms with E-state index in [1.165, 1.54) is 13.0 Å². The fraction of sp³-hybridized carbons (Fsp3) is 0.316. The molecule has 0 fully saturated rings. The topological polar surface area (TPSA) is 93.9 Å². The Morgan fingerprint density at radius 3 is 2.47 bits per heavy atom. The van der Waals surface area contributed by atoms with Crippen LogP contribution in [0.3, 0.4) is 0 Å². The number of alkyl halides is 6. The van der Waals surface area contributed by atoms with E-state index >= 15 is 0 Å². The fourth-order valence-corrected chi connectivity index (χ4v) is 4.49. The minimum Gasteiger partial charge on any atom is -0.483 e. The standard InChI is InChI=1S/C19H14F6N4O4S/c1-2-34(31,32)17-15(27-14-4-3-11(7-28(14)17)33-9-18(20,21)22)29-8-13-12(16(29)30)5-10(6-26-13)19(23,24)25/h3-7H,2,8-9H2,1H3. The summed E-state index contributed by atoms with van der Waals surface area (Å²) in [5, 5.41) is -0.514. The summed E-state index contributed by atoms with van der Waals surface area (Å²) in [6.45, 7) is -0.664. The van der Waals surface area contributed by atoms with Crippen LogP contribution in [0, 0.1) is 0 Å². The molecule has 34 heavy (non-hydrogen) atoms. The lowest BCUT2D eigenvalue weighted by Crippen LogP contribution is -2.26. The van der Waals surface area contributed by atoms with Gasteiger partial charge in [-0.3, -0.25) is 19.1 Å². The lowest BCUT2D eigenvalue weighted by atomic mass is 10.1. The maximum Gasteiger partial charge on any atom is 0.422 e. The van der Waals surface area contributed by atoms with Crippen molar-refractivity contribution in [2.75, 3.05) is 17.3 Å². The number of carbonyl (C=O) groups is 1. The van der Waals surface area contributed by atoms with Gasteiger partial charge in [0.25, 0.3) is 5.91 Å². The van der Waals surface area contributed by atoms with E-state index in [0.717, 1.165) is 21.6 Å². The molecule has 3 aromatic heterocycles. The smallest absolute Gasteiger partial charge is 0.422 e. The minimum absolute atomic E-state index is 0.0101. The van der Waals surface area contributed by atoms with Crippen LogP contribution in [-0.2, 0) is 22.6 Å². The SMILES string of the molecule is CCS(=O)(=O)c1c(N2Cc3ncc(C(F)(F)F)cc3C2=O)nc2ccc(OCC(F)(F)F)cn12. The van der Waals surface area contributed by atoms with E-state index in [9.17, 15) is 39.6 Å². The first-order valence-electron chi connectivity index (χ1n) is 9.53. The predicted octanol–water partition coefficient (Wildman–Crippen LogP) is 3.64. The highest BCUT2D eigenvalue weighted by Gasteiger charge is 2.39. The van der Waals surface area contributed by atoms with Crippen molar-refractivity contribution in [1.82, 2.24) is 14.4 Å². The van der Waals surface area contributed by atoms with Crippen LogP contribution in [0.5, 0.6) is 5.75 Å². The van der Waals surface area contributed by atoms with Crippen molar-refractivity contribution < 1.29 is 44.3 Å². The Balaban J connectivity index is 1.82. The maximum atomic E-state index is 13.0. The Hall–Kier alpha value is -3.36. The molecule has 0 N–H and O–H groups in total. The van der Waals surface area contributed by atoms with E-state index in [0.29, 0.717) is 12.3 Å². The minimum atomic E-state index is -4.75. The molecule has 1 aliphatic rings. The number of rotatable bonds is 5. The number of anilines is 1. The molecule has 0 saturated carbocycles. The molecule has 0 radical (unpaired) electrons. The molecule has 4 heterocycles. The van der Waals surface area contributed by atoms with Gasteiger partial charge in [0.2, 0.25) is 0 Å². The van der Waals surface area contributed by atoms with E-state index in [2.05, 4.69) is 14.7 Å². The molecule has 182 valence electrons. The number of imidazole rings is 1. The van der Waals surface area contributed by atoms with Crippen LogP contribution in [0.15, 0.2) is 35.6 Å². The first kappa shape index (κ1) is 23.8. The highest BCUT2D eigenvalue weighted by molar-refractivity contribution is 7.91. The molecule has 15 heteroatoms. The second-order valence-corrected chi connectivity index (χ2v) is 9.44. The third kappa shape index (κ3) is 4.26. The molecule has 0 saturated heterocycles. The molecule has 1 amide bonds. The summed E-state index contributed by atoms with van der Waals surface area (Å²) in [5.41, 5.74) is -1.55. The molecule has 0 aromatic carbocycles. The highest BCUT2D eigenvalue weighted by Crippen LogP contribution is 2.36. The summed E-state index contributed by atoms with van der Waals surface area (Å²) in [6.07, 6.45) is -7.84. The molecule has 0 bridgehead atoms. The van der Waals surface area contributed by atoms with E-state index < -0.39 is 51.0 Å². The van der Waals surface area contributed by atoms with Gasteiger partial charge in [0.05, 0.1) is 35.3 Å². The van der Waals surface area contributed by atoms with Crippen LogP contribution in [0.1, 0.15) is 28.5 Å². The second-order valence-electron chi connectivity index (χ2n) is 7.25. The van der Waals surface area contributed by atoms with Crippen LogP contribution in [0.4, 0.5) is 32.2 Å². The molecular weight excluding hydrogens is 494 g/mol. The van der Waals surface area contributed by atoms with Crippen molar-refractivity contribution in [3.8, 4) is 5.75 Å². The molecule has 0 aliphatic carbocycles. The number of aromatic nitrogens is 3. The second kappa shape index (κ2) is 7.85. The summed E-state index contributed by atoms with van der Waals surface area (Å²) in [4.78, 5) is 21.6. The van der Waals surface area contributed by atoms with Crippen LogP contribution in [0.2, 0.25) is 0 Å². The number of ether oxygens (including phenoxy) is 1. The summed E-state index contributed by atoms with van der Waals surface area (Å²) in [5.74, 6) is -2.09. The summed E-state index contributed by atoms with van der Waals surface area (Å²) >= 11 is 0. The average Bonchev–Trinajstić information content (AvgIpc) is 3.28. The first-order chi connectivity index (χ1) is 15.7. The van der Waals surface area contributed by atoms with E-state index in [1.54, 1.807) is 0 Å². The summed E-state index contributed by atoms with van der Waals surface area (Å²) in [7, 11) is -4.12. The van der Waals surface area contributed by atoms with Crippen molar-refractivity contribution in [3.63, 3.8) is 0 Å². The third-order valence-corrected chi connectivity index (χ3v) is 6.67. The third-order valence-electron chi connectivity index (χ3n) is 4.94. The number of halogens is 6. The fourth-order valence-electron chi connectivity index (χ4n) is 3.34. The Bertz CT molecular complexity index is 1400. The van der Waals surface area contributed by atoms with Crippen molar-refractivity contribution in [1.29, 1.82) is 0 Å². The largest absolute Gasteiger partial charge is 0.483 e. The molecular formula is C19H14F6N4O4S. The molecule has 0 spiro atoms. The quantitative estimate of drug-likeness (QED) is 0.489. The van der Waals surface area contributed by atoms with Crippen molar-refractivity contribution in [3.05, 3.63) is 47.4 Å². The van der Waals surface area contributed by atoms with Crippen LogP contribution < -0.4 is 9.64 Å². The van der Waals surface area contributed by atoms with Crippen molar-refractivity contribution in [2.24, 2.45) is 0 Å². The van der Waals surface area contributed by atoms with Gasteiger partial charge in [-0.15, -0.1) is 0 Å². The zero-order chi connectivity index (χ0) is 25.1. The monoisotopic (exact) mass is 508 g/mol. The van der Waals surface area contributed by atoms with Crippen molar-refractivity contribution >= 4 is 27.2 Å². The first-order valence-corrected chi connectivity index (χ1v) is 11.2. The van der Waals surface area contributed by atoms with Gasteiger partial charge in [-0.25, -0.2) is 13.4 Å². The maximum absolute atomic E-state index is 13.0. The molecule has 8 nitrogen and oxygen atoms in total.